The molecule has 0 heterocycles. The zero-order chi connectivity index (χ0) is 9.94. The summed E-state index contributed by atoms with van der Waals surface area (Å²) >= 11 is 0. The molecule has 1 unspecified atom stereocenters. The van der Waals surface area contributed by atoms with Crippen molar-refractivity contribution in [1.82, 2.24) is 0 Å². The van der Waals surface area contributed by atoms with Crippen molar-refractivity contribution in [3.05, 3.63) is 0 Å². The van der Waals surface area contributed by atoms with Crippen LogP contribution < -0.4 is 0 Å². The summed E-state index contributed by atoms with van der Waals surface area (Å²) < 4.78 is 0. The van der Waals surface area contributed by atoms with Crippen LogP contribution in [0.3, 0.4) is 0 Å². The molecule has 0 aliphatic rings. The summed E-state index contributed by atoms with van der Waals surface area (Å²) in [6.07, 6.45) is 9.03. The third-order valence-corrected chi connectivity index (χ3v) is 2.33. The van der Waals surface area contributed by atoms with Crippen molar-refractivity contribution in [3.63, 3.8) is 0 Å². The average Bonchev–Trinajstić information content (AvgIpc) is 2.14. The first-order chi connectivity index (χ1) is 6.31. The van der Waals surface area contributed by atoms with E-state index in [-0.39, 0.29) is 0 Å². The predicted molar refractivity (Wildman–Crippen MR) is 55.5 cm³/mol. The van der Waals surface area contributed by atoms with Gasteiger partial charge in [-0.1, -0.05) is 46.0 Å². The minimum Gasteiger partial charge on any atom is -0.211 e. The first-order valence-electron chi connectivity index (χ1n) is 5.34. The summed E-state index contributed by atoms with van der Waals surface area (Å²) in [7, 11) is 0. The Bertz CT molecular complexity index is 150. The number of unbranched alkanes of at least 4 members (excludes halogenated alkanes) is 2. The Hall–Kier alpha value is -0.620. The van der Waals surface area contributed by atoms with Crippen LogP contribution >= 0.6 is 0 Å². The average molecular weight is 183 g/mol. The molecule has 2 heteroatoms. The van der Waals surface area contributed by atoms with E-state index in [0.29, 0.717) is 6.54 Å². The summed E-state index contributed by atoms with van der Waals surface area (Å²) in [5.41, 5.74) is 0. The Balaban J connectivity index is 3.16. The van der Waals surface area contributed by atoms with Crippen LogP contribution in [0, 0.1) is 5.92 Å². The lowest BCUT2D eigenvalue weighted by atomic mass is 9.98. The molecule has 0 aliphatic heterocycles. The molecular weight excluding hydrogens is 162 g/mol. The number of hydrogen-bond donors (Lipinski definition) is 0. The maximum absolute atomic E-state index is 9.75. The zero-order valence-corrected chi connectivity index (χ0v) is 8.88. The number of hydrogen-bond acceptors (Lipinski definition) is 2. The highest BCUT2D eigenvalue weighted by molar-refractivity contribution is 5.32. The minimum absolute atomic E-state index is 0.657. The van der Waals surface area contributed by atoms with E-state index < -0.39 is 0 Å². The molecule has 1 atom stereocenters. The number of carbonyl (C=O) groups excluding carboxylic acids is 1. The van der Waals surface area contributed by atoms with E-state index in [9.17, 15) is 4.79 Å². The van der Waals surface area contributed by atoms with Gasteiger partial charge in [0.1, 0.15) is 0 Å². The second kappa shape index (κ2) is 9.47. The standard InChI is InChI=1S/C11H21NO/c1-3-4-7-11(2)8-5-6-9-12-10-13/h11H,3-9H2,1-2H3. The molecule has 2 nitrogen and oxygen atoms in total. The highest BCUT2D eigenvalue weighted by Crippen LogP contribution is 2.14. The molecule has 76 valence electrons. The van der Waals surface area contributed by atoms with Crippen LogP contribution in [-0.4, -0.2) is 12.6 Å². The number of nitrogens with zero attached hydrogens (tertiary/aromatic N) is 1. The minimum atomic E-state index is 0.657. The molecule has 13 heavy (non-hydrogen) atoms. The fourth-order valence-corrected chi connectivity index (χ4v) is 1.43. The van der Waals surface area contributed by atoms with E-state index in [0.717, 1.165) is 12.3 Å². The van der Waals surface area contributed by atoms with Gasteiger partial charge in [0, 0.05) is 0 Å². The molecule has 0 spiro atoms. The summed E-state index contributed by atoms with van der Waals surface area (Å²) in [6.45, 7) is 5.19. The monoisotopic (exact) mass is 183 g/mol. The van der Waals surface area contributed by atoms with Gasteiger partial charge in [-0.2, -0.15) is 0 Å². The van der Waals surface area contributed by atoms with Crippen LogP contribution in [0.4, 0.5) is 0 Å². The fourth-order valence-electron chi connectivity index (χ4n) is 1.43. The Morgan fingerprint density at radius 3 is 2.54 bits per heavy atom. The van der Waals surface area contributed by atoms with Crippen molar-refractivity contribution in [1.29, 1.82) is 0 Å². The summed E-state index contributed by atoms with van der Waals surface area (Å²) in [5.74, 6) is 0.833. The summed E-state index contributed by atoms with van der Waals surface area (Å²) in [4.78, 5) is 13.3. The van der Waals surface area contributed by atoms with Crippen molar-refractivity contribution in [2.24, 2.45) is 10.9 Å². The molecule has 0 amide bonds. The molecule has 0 aliphatic carbocycles. The Morgan fingerprint density at radius 2 is 1.92 bits per heavy atom. The van der Waals surface area contributed by atoms with Gasteiger partial charge in [0.2, 0.25) is 6.08 Å². The third-order valence-electron chi connectivity index (χ3n) is 2.33. The lowest BCUT2D eigenvalue weighted by molar-refractivity contribution is 0.451. The predicted octanol–water partition coefficient (Wildman–Crippen LogP) is 3.32. The molecule has 0 saturated heterocycles. The maximum Gasteiger partial charge on any atom is 0.234 e. The van der Waals surface area contributed by atoms with Crippen molar-refractivity contribution >= 4 is 6.08 Å². The molecule has 0 aromatic rings. The Labute approximate surface area is 81.4 Å². The maximum atomic E-state index is 9.75. The number of isocyanates is 1. The van der Waals surface area contributed by atoms with E-state index in [4.69, 9.17) is 0 Å². The zero-order valence-electron chi connectivity index (χ0n) is 8.88. The molecule has 0 saturated carbocycles. The van der Waals surface area contributed by atoms with Crippen LogP contribution in [0.25, 0.3) is 0 Å². The van der Waals surface area contributed by atoms with Crippen LogP contribution in [0.15, 0.2) is 4.99 Å². The van der Waals surface area contributed by atoms with E-state index in [1.54, 1.807) is 6.08 Å². The van der Waals surface area contributed by atoms with Gasteiger partial charge in [-0.05, 0) is 12.3 Å². The topological polar surface area (TPSA) is 29.4 Å². The molecule has 0 bridgehead atoms. The van der Waals surface area contributed by atoms with Crippen LogP contribution in [0.5, 0.6) is 0 Å². The molecule has 0 aromatic carbocycles. The quantitative estimate of drug-likeness (QED) is 0.322. The number of aliphatic imine (C=N–C) groups is 1. The Morgan fingerprint density at radius 1 is 1.23 bits per heavy atom. The lowest BCUT2D eigenvalue weighted by Gasteiger charge is -2.08. The Kier molecular flexibility index (Phi) is 9.02. The SMILES string of the molecule is CCCCC(C)CCCCN=C=O. The van der Waals surface area contributed by atoms with Crippen molar-refractivity contribution in [3.8, 4) is 0 Å². The van der Waals surface area contributed by atoms with Gasteiger partial charge in [0.15, 0.2) is 0 Å². The van der Waals surface area contributed by atoms with Gasteiger partial charge in [0.25, 0.3) is 0 Å². The van der Waals surface area contributed by atoms with Gasteiger partial charge in [0.05, 0.1) is 6.54 Å². The van der Waals surface area contributed by atoms with E-state index >= 15 is 0 Å². The van der Waals surface area contributed by atoms with Gasteiger partial charge < -0.3 is 0 Å². The second-order valence-corrected chi connectivity index (χ2v) is 3.72. The molecule has 0 aromatic heterocycles. The fraction of sp³-hybridized carbons (Fsp3) is 0.909. The van der Waals surface area contributed by atoms with Crippen molar-refractivity contribution in [2.45, 2.75) is 52.4 Å². The normalized spacial score (nSPS) is 12.2. The van der Waals surface area contributed by atoms with Crippen LogP contribution in [0.1, 0.15) is 52.4 Å². The van der Waals surface area contributed by atoms with Crippen molar-refractivity contribution in [2.75, 3.05) is 6.54 Å². The van der Waals surface area contributed by atoms with E-state index in [1.165, 1.54) is 32.1 Å². The van der Waals surface area contributed by atoms with Crippen molar-refractivity contribution < 1.29 is 4.79 Å². The summed E-state index contributed by atoms with van der Waals surface area (Å²) in [6, 6.07) is 0. The molecule has 0 rings (SSSR count). The highest BCUT2D eigenvalue weighted by atomic mass is 16.1. The largest absolute Gasteiger partial charge is 0.234 e. The second-order valence-electron chi connectivity index (χ2n) is 3.72. The lowest BCUT2D eigenvalue weighted by Crippen LogP contribution is -1.95. The van der Waals surface area contributed by atoms with E-state index in [2.05, 4.69) is 18.8 Å². The molecular formula is C11H21NO. The van der Waals surface area contributed by atoms with Gasteiger partial charge in [-0.25, -0.2) is 9.79 Å². The first kappa shape index (κ1) is 12.4. The highest BCUT2D eigenvalue weighted by Gasteiger charge is 2.00. The van der Waals surface area contributed by atoms with Crippen LogP contribution in [0.2, 0.25) is 0 Å². The van der Waals surface area contributed by atoms with Gasteiger partial charge in [-0.15, -0.1) is 0 Å². The van der Waals surface area contributed by atoms with Gasteiger partial charge >= 0.3 is 0 Å². The smallest absolute Gasteiger partial charge is 0.211 e. The third kappa shape index (κ3) is 9.29. The summed E-state index contributed by atoms with van der Waals surface area (Å²) in [5, 5.41) is 0. The molecule has 0 radical (unpaired) electrons. The molecule has 0 N–H and O–H groups in total. The first-order valence-corrected chi connectivity index (χ1v) is 5.34. The number of rotatable bonds is 8. The van der Waals surface area contributed by atoms with E-state index in [1.807, 2.05) is 0 Å². The van der Waals surface area contributed by atoms with Gasteiger partial charge in [-0.3, -0.25) is 0 Å². The van der Waals surface area contributed by atoms with Crippen LogP contribution in [-0.2, 0) is 4.79 Å². The molecule has 0 fully saturated rings.